The summed E-state index contributed by atoms with van der Waals surface area (Å²) in [6.45, 7) is 4.56. The highest BCUT2D eigenvalue weighted by Crippen LogP contribution is 1.98. The molecule has 6 nitrogen and oxygen atoms in total. The van der Waals surface area contributed by atoms with Crippen LogP contribution < -0.4 is 10.6 Å². The number of nitrogens with zero attached hydrogens (tertiary/aromatic N) is 4. The second-order valence-corrected chi connectivity index (χ2v) is 4.96. The SMILES string of the molecule is CCc1nncn1CCNC(=NC)NCCc1ccccc1.I. The highest BCUT2D eigenvalue weighted by molar-refractivity contribution is 14.0. The van der Waals surface area contributed by atoms with E-state index in [2.05, 4.69) is 61.6 Å². The summed E-state index contributed by atoms with van der Waals surface area (Å²) in [7, 11) is 1.79. The number of hydrogen-bond acceptors (Lipinski definition) is 3. The van der Waals surface area contributed by atoms with Crippen LogP contribution in [-0.4, -0.2) is 40.9 Å². The van der Waals surface area contributed by atoms with E-state index in [-0.39, 0.29) is 24.0 Å². The Morgan fingerprint density at radius 2 is 1.91 bits per heavy atom. The van der Waals surface area contributed by atoms with Crippen LogP contribution in [0, 0.1) is 0 Å². The zero-order valence-corrected chi connectivity index (χ0v) is 16.0. The number of nitrogens with one attached hydrogen (secondary N) is 2. The van der Waals surface area contributed by atoms with Crippen molar-refractivity contribution in [3.05, 3.63) is 48.0 Å². The van der Waals surface area contributed by atoms with Crippen molar-refractivity contribution in [1.29, 1.82) is 0 Å². The summed E-state index contributed by atoms with van der Waals surface area (Å²) in [5, 5.41) is 14.6. The highest BCUT2D eigenvalue weighted by Gasteiger charge is 2.02. The van der Waals surface area contributed by atoms with Gasteiger partial charge in [0, 0.05) is 33.1 Å². The van der Waals surface area contributed by atoms with Gasteiger partial charge in [-0.15, -0.1) is 34.2 Å². The molecule has 126 valence electrons. The lowest BCUT2D eigenvalue weighted by Crippen LogP contribution is -2.39. The van der Waals surface area contributed by atoms with Crippen molar-refractivity contribution in [2.24, 2.45) is 4.99 Å². The van der Waals surface area contributed by atoms with E-state index >= 15 is 0 Å². The third-order valence-electron chi connectivity index (χ3n) is 3.43. The van der Waals surface area contributed by atoms with Crippen molar-refractivity contribution in [1.82, 2.24) is 25.4 Å². The van der Waals surface area contributed by atoms with E-state index in [0.29, 0.717) is 0 Å². The van der Waals surface area contributed by atoms with E-state index in [4.69, 9.17) is 0 Å². The lowest BCUT2D eigenvalue weighted by Gasteiger charge is -2.12. The van der Waals surface area contributed by atoms with Crippen LogP contribution in [0.25, 0.3) is 0 Å². The van der Waals surface area contributed by atoms with Crippen LogP contribution >= 0.6 is 24.0 Å². The van der Waals surface area contributed by atoms with Gasteiger partial charge in [-0.3, -0.25) is 4.99 Å². The molecule has 0 fully saturated rings. The van der Waals surface area contributed by atoms with E-state index in [1.807, 2.05) is 6.07 Å². The third-order valence-corrected chi connectivity index (χ3v) is 3.43. The molecular weight excluding hydrogens is 403 g/mol. The highest BCUT2D eigenvalue weighted by atomic mass is 127. The van der Waals surface area contributed by atoms with Gasteiger partial charge < -0.3 is 15.2 Å². The Balaban J connectivity index is 0.00000264. The Morgan fingerprint density at radius 1 is 1.17 bits per heavy atom. The molecule has 1 aromatic carbocycles. The maximum Gasteiger partial charge on any atom is 0.191 e. The Morgan fingerprint density at radius 3 is 2.61 bits per heavy atom. The molecule has 1 aromatic heterocycles. The quantitative estimate of drug-likeness (QED) is 0.402. The zero-order valence-electron chi connectivity index (χ0n) is 13.7. The molecule has 0 amide bonds. The summed E-state index contributed by atoms with van der Waals surface area (Å²) in [5.41, 5.74) is 1.32. The normalized spacial score (nSPS) is 11.0. The Hall–Kier alpha value is -1.64. The Labute approximate surface area is 154 Å². The summed E-state index contributed by atoms with van der Waals surface area (Å²) in [5.74, 6) is 1.83. The first kappa shape index (κ1) is 19.4. The van der Waals surface area contributed by atoms with Gasteiger partial charge in [0.2, 0.25) is 0 Å². The molecule has 2 aromatic rings. The van der Waals surface area contributed by atoms with E-state index in [1.165, 1.54) is 5.56 Å². The molecule has 0 spiro atoms. The summed E-state index contributed by atoms with van der Waals surface area (Å²) in [6.07, 6.45) is 3.64. The molecule has 0 unspecified atom stereocenters. The minimum absolute atomic E-state index is 0. The number of aromatic nitrogens is 3. The maximum absolute atomic E-state index is 4.23. The average molecular weight is 428 g/mol. The Kier molecular flexibility index (Phi) is 9.27. The first-order valence-electron chi connectivity index (χ1n) is 7.68. The van der Waals surface area contributed by atoms with Crippen molar-refractivity contribution < 1.29 is 0 Å². The number of hydrogen-bond donors (Lipinski definition) is 2. The largest absolute Gasteiger partial charge is 0.356 e. The van der Waals surface area contributed by atoms with Crippen LogP contribution in [0.15, 0.2) is 41.7 Å². The molecule has 0 radical (unpaired) electrons. The number of rotatable bonds is 7. The fourth-order valence-corrected chi connectivity index (χ4v) is 2.22. The summed E-state index contributed by atoms with van der Waals surface area (Å²) >= 11 is 0. The predicted molar refractivity (Wildman–Crippen MR) is 104 cm³/mol. The number of aryl methyl sites for hydroxylation is 1. The lowest BCUT2D eigenvalue weighted by molar-refractivity contribution is 0.632. The molecule has 2 N–H and O–H groups in total. The van der Waals surface area contributed by atoms with Crippen molar-refractivity contribution in [3.8, 4) is 0 Å². The Bertz CT molecular complexity index is 581. The summed E-state index contributed by atoms with van der Waals surface area (Å²) in [6, 6.07) is 10.4. The van der Waals surface area contributed by atoms with Crippen LogP contribution in [-0.2, 0) is 19.4 Å². The molecule has 0 bridgehead atoms. The van der Waals surface area contributed by atoms with Crippen molar-refractivity contribution >= 4 is 29.9 Å². The van der Waals surface area contributed by atoms with Crippen molar-refractivity contribution in [2.45, 2.75) is 26.3 Å². The molecule has 1 heterocycles. The number of aliphatic imine (C=N–C) groups is 1. The monoisotopic (exact) mass is 428 g/mol. The molecule has 0 aliphatic rings. The first-order valence-corrected chi connectivity index (χ1v) is 7.68. The zero-order chi connectivity index (χ0) is 15.6. The van der Waals surface area contributed by atoms with Gasteiger partial charge in [0.15, 0.2) is 5.96 Å². The van der Waals surface area contributed by atoms with Gasteiger partial charge in [-0.05, 0) is 12.0 Å². The molecule has 0 atom stereocenters. The lowest BCUT2D eigenvalue weighted by atomic mass is 10.1. The first-order chi connectivity index (χ1) is 10.8. The fraction of sp³-hybridized carbons (Fsp3) is 0.438. The van der Waals surface area contributed by atoms with E-state index < -0.39 is 0 Å². The smallest absolute Gasteiger partial charge is 0.191 e. The van der Waals surface area contributed by atoms with E-state index in [1.54, 1.807) is 13.4 Å². The molecule has 0 aliphatic heterocycles. The van der Waals surface area contributed by atoms with Crippen LogP contribution in [0.3, 0.4) is 0 Å². The molecule has 0 saturated heterocycles. The number of benzene rings is 1. The van der Waals surface area contributed by atoms with Crippen LogP contribution in [0.2, 0.25) is 0 Å². The van der Waals surface area contributed by atoms with Crippen LogP contribution in [0.1, 0.15) is 18.3 Å². The fourth-order valence-electron chi connectivity index (χ4n) is 2.22. The van der Waals surface area contributed by atoms with E-state index in [0.717, 1.165) is 44.3 Å². The molecule has 23 heavy (non-hydrogen) atoms. The summed E-state index contributed by atoms with van der Waals surface area (Å²) < 4.78 is 2.06. The van der Waals surface area contributed by atoms with Gasteiger partial charge in [0.25, 0.3) is 0 Å². The van der Waals surface area contributed by atoms with Crippen molar-refractivity contribution in [3.63, 3.8) is 0 Å². The third kappa shape index (κ3) is 6.55. The van der Waals surface area contributed by atoms with Crippen molar-refractivity contribution in [2.75, 3.05) is 20.1 Å². The van der Waals surface area contributed by atoms with E-state index in [9.17, 15) is 0 Å². The maximum atomic E-state index is 4.23. The van der Waals surface area contributed by atoms with Gasteiger partial charge >= 0.3 is 0 Å². The second kappa shape index (κ2) is 11.0. The number of halogens is 1. The second-order valence-electron chi connectivity index (χ2n) is 4.96. The van der Waals surface area contributed by atoms with Crippen LogP contribution in [0.4, 0.5) is 0 Å². The van der Waals surface area contributed by atoms with Gasteiger partial charge in [-0.1, -0.05) is 37.3 Å². The summed E-state index contributed by atoms with van der Waals surface area (Å²) in [4.78, 5) is 4.23. The molecular formula is C16H25IN6. The number of guanidine groups is 1. The average Bonchev–Trinajstić information content (AvgIpc) is 3.02. The standard InChI is InChI=1S/C16H24N6.HI/c1-3-15-21-20-13-22(15)12-11-19-16(17-2)18-10-9-14-7-5-4-6-8-14;/h4-8,13H,3,9-12H2,1-2H3,(H2,17,18,19);1H. The van der Waals surface area contributed by atoms with Gasteiger partial charge in [-0.2, -0.15) is 0 Å². The minimum Gasteiger partial charge on any atom is -0.356 e. The molecule has 2 rings (SSSR count). The van der Waals surface area contributed by atoms with Gasteiger partial charge in [0.05, 0.1) is 0 Å². The predicted octanol–water partition coefficient (Wildman–Crippen LogP) is 1.87. The molecule has 0 saturated carbocycles. The molecule has 7 heteroatoms. The molecule has 0 aliphatic carbocycles. The minimum atomic E-state index is 0. The van der Waals surface area contributed by atoms with Crippen LogP contribution in [0.5, 0.6) is 0 Å². The van der Waals surface area contributed by atoms with Gasteiger partial charge in [-0.25, -0.2) is 0 Å². The van der Waals surface area contributed by atoms with Gasteiger partial charge in [0.1, 0.15) is 12.2 Å². The topological polar surface area (TPSA) is 67.1 Å².